The van der Waals surface area contributed by atoms with Crippen LogP contribution in [0, 0.1) is 0 Å². The maximum absolute atomic E-state index is 11.5. The van der Waals surface area contributed by atoms with Crippen molar-refractivity contribution in [2.45, 2.75) is 6.92 Å². The summed E-state index contributed by atoms with van der Waals surface area (Å²) in [7, 11) is 0. The Balaban J connectivity index is 2.42. The molecule has 0 N–H and O–H groups in total. The van der Waals surface area contributed by atoms with Crippen LogP contribution < -0.4 is 4.90 Å². The van der Waals surface area contributed by atoms with Crippen LogP contribution in [0.4, 0.5) is 5.00 Å². The molecule has 0 bridgehead atoms. The Morgan fingerprint density at radius 1 is 1.62 bits per heavy atom. The van der Waals surface area contributed by atoms with Gasteiger partial charge in [0.25, 0.3) is 5.91 Å². The van der Waals surface area contributed by atoms with Crippen LogP contribution in [0.15, 0.2) is 34.8 Å². The molecule has 2 heterocycles. The number of anilines is 1. The van der Waals surface area contributed by atoms with Crippen LogP contribution in [0.25, 0.3) is 0 Å². The minimum absolute atomic E-state index is 0.125. The van der Waals surface area contributed by atoms with Crippen molar-refractivity contribution in [3.05, 3.63) is 29.8 Å². The second-order valence-electron chi connectivity index (χ2n) is 2.70. The molecule has 1 aromatic rings. The maximum Gasteiger partial charge on any atom is 0.282 e. The van der Waals surface area contributed by atoms with E-state index in [1.165, 1.54) is 11.3 Å². The number of amidine groups is 1. The summed E-state index contributed by atoms with van der Waals surface area (Å²) < 4.78 is 0. The van der Waals surface area contributed by atoms with Crippen LogP contribution in [-0.4, -0.2) is 11.7 Å². The Hall–Kier alpha value is -1.42. The smallest absolute Gasteiger partial charge is 0.266 e. The topological polar surface area (TPSA) is 32.7 Å². The monoisotopic (exact) mass is 192 g/mol. The number of rotatable bonds is 1. The van der Waals surface area contributed by atoms with E-state index in [1.54, 1.807) is 11.8 Å². The summed E-state index contributed by atoms with van der Waals surface area (Å²) in [6.45, 7) is 5.37. The van der Waals surface area contributed by atoms with Crippen LogP contribution in [0.2, 0.25) is 0 Å². The molecule has 1 aliphatic rings. The third-order valence-electron chi connectivity index (χ3n) is 1.80. The lowest BCUT2D eigenvalue weighted by atomic mass is 10.4. The first kappa shape index (κ1) is 8.19. The molecule has 0 atom stereocenters. The third-order valence-corrected chi connectivity index (χ3v) is 2.65. The van der Waals surface area contributed by atoms with E-state index in [0.717, 1.165) is 5.00 Å². The maximum atomic E-state index is 11.5. The largest absolute Gasteiger partial charge is 0.282 e. The number of hydrogen-bond acceptors (Lipinski definition) is 3. The molecule has 1 aliphatic heterocycles. The molecule has 0 radical (unpaired) electrons. The van der Waals surface area contributed by atoms with Crippen molar-refractivity contribution in [3.63, 3.8) is 0 Å². The van der Waals surface area contributed by atoms with Gasteiger partial charge < -0.3 is 0 Å². The van der Waals surface area contributed by atoms with Gasteiger partial charge in [0.1, 0.15) is 16.5 Å². The Kier molecular flexibility index (Phi) is 1.77. The van der Waals surface area contributed by atoms with Gasteiger partial charge in [-0.3, -0.25) is 9.69 Å². The first-order chi connectivity index (χ1) is 6.20. The van der Waals surface area contributed by atoms with Gasteiger partial charge >= 0.3 is 0 Å². The minimum Gasteiger partial charge on any atom is -0.266 e. The summed E-state index contributed by atoms with van der Waals surface area (Å²) in [6, 6.07) is 3.79. The highest BCUT2D eigenvalue weighted by atomic mass is 32.1. The Morgan fingerprint density at radius 2 is 2.38 bits per heavy atom. The van der Waals surface area contributed by atoms with Crippen LogP contribution in [-0.2, 0) is 4.79 Å². The van der Waals surface area contributed by atoms with Crippen molar-refractivity contribution in [2.75, 3.05) is 4.90 Å². The van der Waals surface area contributed by atoms with E-state index < -0.39 is 0 Å². The molecule has 0 saturated carbocycles. The number of carbonyl (C=O) groups is 1. The Labute approximate surface area is 80.0 Å². The van der Waals surface area contributed by atoms with E-state index in [2.05, 4.69) is 11.6 Å². The van der Waals surface area contributed by atoms with Gasteiger partial charge in [-0.15, -0.1) is 11.3 Å². The second-order valence-corrected chi connectivity index (χ2v) is 3.62. The zero-order valence-electron chi connectivity index (χ0n) is 7.15. The quantitative estimate of drug-likeness (QED) is 0.626. The van der Waals surface area contributed by atoms with Crippen LogP contribution in [0.3, 0.4) is 0 Å². The zero-order chi connectivity index (χ0) is 9.42. The highest BCUT2D eigenvalue weighted by Gasteiger charge is 2.27. The summed E-state index contributed by atoms with van der Waals surface area (Å²) in [5, 5.41) is 2.82. The lowest BCUT2D eigenvalue weighted by Gasteiger charge is -2.12. The molecule has 0 fully saturated rings. The van der Waals surface area contributed by atoms with Crippen molar-refractivity contribution < 1.29 is 4.79 Å². The van der Waals surface area contributed by atoms with E-state index >= 15 is 0 Å². The van der Waals surface area contributed by atoms with Gasteiger partial charge in [-0.1, -0.05) is 6.58 Å². The van der Waals surface area contributed by atoms with E-state index in [1.807, 2.05) is 17.5 Å². The van der Waals surface area contributed by atoms with Gasteiger partial charge in [-0.05, 0) is 24.4 Å². The van der Waals surface area contributed by atoms with E-state index in [-0.39, 0.29) is 5.91 Å². The number of hydrogen-bond donors (Lipinski definition) is 0. The Bertz CT molecular complexity index is 392. The summed E-state index contributed by atoms with van der Waals surface area (Å²) >= 11 is 1.51. The fourth-order valence-electron chi connectivity index (χ4n) is 1.23. The second kappa shape index (κ2) is 2.81. The van der Waals surface area contributed by atoms with Crippen molar-refractivity contribution >= 4 is 28.1 Å². The number of amides is 1. The normalized spacial score (nSPS) is 16.7. The standard InChI is InChI=1S/C9H8N2OS/c1-6-9(12)11(7(2)10-6)8-4-3-5-13-8/h3-5H,1H2,2H3. The molecule has 4 heteroatoms. The summed E-state index contributed by atoms with van der Waals surface area (Å²) in [6.07, 6.45) is 0. The zero-order valence-corrected chi connectivity index (χ0v) is 7.97. The predicted molar refractivity (Wildman–Crippen MR) is 54.1 cm³/mol. The average Bonchev–Trinajstić information content (AvgIpc) is 2.63. The van der Waals surface area contributed by atoms with Crippen molar-refractivity contribution in [2.24, 2.45) is 4.99 Å². The first-order valence-electron chi connectivity index (χ1n) is 3.82. The van der Waals surface area contributed by atoms with Gasteiger partial charge in [-0.2, -0.15) is 0 Å². The van der Waals surface area contributed by atoms with Gasteiger partial charge in [0.05, 0.1) is 0 Å². The molecule has 0 spiro atoms. The van der Waals surface area contributed by atoms with E-state index in [4.69, 9.17) is 0 Å². The lowest BCUT2D eigenvalue weighted by molar-refractivity contribution is -0.113. The fraction of sp³-hybridized carbons (Fsp3) is 0.111. The van der Waals surface area contributed by atoms with E-state index in [9.17, 15) is 4.79 Å². The molecule has 2 rings (SSSR count). The highest BCUT2D eigenvalue weighted by molar-refractivity contribution is 7.14. The van der Waals surface area contributed by atoms with Gasteiger partial charge in [0, 0.05) is 0 Å². The van der Waals surface area contributed by atoms with Gasteiger partial charge in [-0.25, -0.2) is 4.99 Å². The molecule has 1 aromatic heterocycles. The molecule has 0 unspecified atom stereocenters. The molecule has 0 aliphatic carbocycles. The third kappa shape index (κ3) is 1.19. The number of carbonyl (C=O) groups excluding carboxylic acids is 1. The number of aliphatic imine (C=N–C) groups is 1. The summed E-state index contributed by atoms with van der Waals surface area (Å²) in [5.74, 6) is 0.567. The molecule has 13 heavy (non-hydrogen) atoms. The van der Waals surface area contributed by atoms with Crippen LogP contribution in [0.5, 0.6) is 0 Å². The van der Waals surface area contributed by atoms with Crippen molar-refractivity contribution in [3.8, 4) is 0 Å². The van der Waals surface area contributed by atoms with E-state index in [0.29, 0.717) is 11.5 Å². The fourth-order valence-corrected chi connectivity index (χ4v) is 2.00. The molecule has 0 saturated heterocycles. The highest BCUT2D eigenvalue weighted by Crippen LogP contribution is 2.26. The van der Waals surface area contributed by atoms with Gasteiger partial charge in [0.2, 0.25) is 0 Å². The SMILES string of the molecule is C=C1N=C(C)N(c2cccs2)C1=O. The average molecular weight is 192 g/mol. The van der Waals surface area contributed by atoms with Crippen LogP contribution >= 0.6 is 11.3 Å². The minimum atomic E-state index is -0.125. The lowest BCUT2D eigenvalue weighted by Crippen LogP contribution is -2.29. The molecular formula is C9H8N2OS. The summed E-state index contributed by atoms with van der Waals surface area (Å²) in [5.41, 5.74) is 0.311. The number of nitrogens with zero attached hydrogens (tertiary/aromatic N) is 2. The van der Waals surface area contributed by atoms with Crippen molar-refractivity contribution in [1.29, 1.82) is 0 Å². The molecular weight excluding hydrogens is 184 g/mol. The summed E-state index contributed by atoms with van der Waals surface area (Å²) in [4.78, 5) is 17.1. The predicted octanol–water partition coefficient (Wildman–Crippen LogP) is 2.03. The first-order valence-corrected chi connectivity index (χ1v) is 4.70. The van der Waals surface area contributed by atoms with Crippen LogP contribution in [0.1, 0.15) is 6.92 Å². The number of thiophene rings is 1. The molecule has 1 amide bonds. The molecule has 66 valence electrons. The molecule has 3 nitrogen and oxygen atoms in total. The van der Waals surface area contributed by atoms with Crippen molar-refractivity contribution in [1.82, 2.24) is 0 Å². The Morgan fingerprint density at radius 3 is 2.85 bits per heavy atom. The van der Waals surface area contributed by atoms with Gasteiger partial charge in [0.15, 0.2) is 0 Å². The molecule has 0 aromatic carbocycles.